The van der Waals surface area contributed by atoms with Crippen LogP contribution in [-0.2, 0) is 23.0 Å². The minimum absolute atomic E-state index is 0.00118. The van der Waals surface area contributed by atoms with Crippen molar-refractivity contribution in [3.05, 3.63) is 77.9 Å². The first-order chi connectivity index (χ1) is 13.0. The summed E-state index contributed by atoms with van der Waals surface area (Å²) in [5, 5.41) is 6.43. The van der Waals surface area contributed by atoms with Gasteiger partial charge in [0.2, 0.25) is 10.0 Å². The molecular weight excluding hydrogens is 368 g/mol. The SMILES string of the molecule is O=C(NCCc1ccncc1)c1cccc(S(=O)(=O)NCc2ccon2)c1. The number of amides is 1. The molecule has 3 aromatic rings. The molecule has 9 heteroatoms. The normalized spacial score (nSPS) is 11.3. The fourth-order valence-corrected chi connectivity index (χ4v) is 3.40. The summed E-state index contributed by atoms with van der Waals surface area (Å²) in [4.78, 5) is 16.2. The Morgan fingerprint density at radius 1 is 1.11 bits per heavy atom. The molecule has 2 N–H and O–H groups in total. The van der Waals surface area contributed by atoms with E-state index in [9.17, 15) is 13.2 Å². The van der Waals surface area contributed by atoms with Crippen LogP contribution < -0.4 is 10.0 Å². The number of aromatic nitrogens is 2. The number of sulfonamides is 1. The van der Waals surface area contributed by atoms with Gasteiger partial charge in [-0.1, -0.05) is 11.2 Å². The van der Waals surface area contributed by atoms with Gasteiger partial charge in [-0.15, -0.1) is 0 Å². The monoisotopic (exact) mass is 386 g/mol. The van der Waals surface area contributed by atoms with E-state index in [2.05, 4.69) is 24.7 Å². The first-order valence-electron chi connectivity index (χ1n) is 8.21. The molecule has 0 fully saturated rings. The summed E-state index contributed by atoms with van der Waals surface area (Å²) in [7, 11) is -3.77. The Morgan fingerprint density at radius 2 is 1.93 bits per heavy atom. The molecule has 0 bridgehead atoms. The van der Waals surface area contributed by atoms with E-state index in [0.29, 0.717) is 18.7 Å². The number of pyridine rings is 1. The predicted molar refractivity (Wildman–Crippen MR) is 97.2 cm³/mol. The molecule has 0 spiro atoms. The van der Waals surface area contributed by atoms with E-state index in [-0.39, 0.29) is 22.9 Å². The molecule has 0 unspecified atom stereocenters. The summed E-state index contributed by atoms with van der Waals surface area (Å²) >= 11 is 0. The Kier molecular flexibility index (Phi) is 5.94. The first-order valence-corrected chi connectivity index (χ1v) is 9.69. The van der Waals surface area contributed by atoms with Crippen LogP contribution in [0.15, 0.2) is 70.5 Å². The van der Waals surface area contributed by atoms with Crippen molar-refractivity contribution in [1.29, 1.82) is 0 Å². The number of carbonyl (C=O) groups is 1. The highest BCUT2D eigenvalue weighted by atomic mass is 32.2. The summed E-state index contributed by atoms with van der Waals surface area (Å²) in [5.74, 6) is -0.336. The fourth-order valence-electron chi connectivity index (χ4n) is 2.36. The highest BCUT2D eigenvalue weighted by Crippen LogP contribution is 2.12. The maximum Gasteiger partial charge on any atom is 0.251 e. The summed E-state index contributed by atoms with van der Waals surface area (Å²) in [6.07, 6.45) is 5.40. The van der Waals surface area contributed by atoms with E-state index < -0.39 is 10.0 Å². The smallest absolute Gasteiger partial charge is 0.251 e. The molecule has 2 heterocycles. The van der Waals surface area contributed by atoms with Gasteiger partial charge in [0.05, 0.1) is 17.1 Å². The highest BCUT2D eigenvalue weighted by Gasteiger charge is 2.16. The van der Waals surface area contributed by atoms with Gasteiger partial charge in [-0.05, 0) is 42.3 Å². The quantitative estimate of drug-likeness (QED) is 0.607. The van der Waals surface area contributed by atoms with E-state index >= 15 is 0 Å². The number of nitrogens with zero attached hydrogens (tertiary/aromatic N) is 2. The minimum atomic E-state index is -3.77. The van der Waals surface area contributed by atoms with E-state index in [0.717, 1.165) is 5.56 Å². The van der Waals surface area contributed by atoms with Crippen LogP contribution in [0.3, 0.4) is 0 Å². The molecule has 3 rings (SSSR count). The van der Waals surface area contributed by atoms with Gasteiger partial charge in [-0.25, -0.2) is 13.1 Å². The van der Waals surface area contributed by atoms with Gasteiger partial charge in [0.1, 0.15) is 6.26 Å². The van der Waals surface area contributed by atoms with Crippen molar-refractivity contribution >= 4 is 15.9 Å². The number of hydrogen-bond donors (Lipinski definition) is 2. The second-order valence-electron chi connectivity index (χ2n) is 5.70. The molecule has 140 valence electrons. The summed E-state index contributed by atoms with van der Waals surface area (Å²) < 4.78 is 31.9. The maximum absolute atomic E-state index is 12.4. The van der Waals surface area contributed by atoms with Crippen molar-refractivity contribution in [3.63, 3.8) is 0 Å². The van der Waals surface area contributed by atoms with Crippen LogP contribution in [0.1, 0.15) is 21.6 Å². The summed E-state index contributed by atoms with van der Waals surface area (Å²) in [6.45, 7) is 0.436. The van der Waals surface area contributed by atoms with Crippen LogP contribution in [0.4, 0.5) is 0 Å². The number of rotatable bonds is 8. The average Bonchev–Trinajstić information content (AvgIpc) is 3.21. The molecule has 27 heavy (non-hydrogen) atoms. The van der Waals surface area contributed by atoms with Crippen LogP contribution in [0.5, 0.6) is 0 Å². The largest absolute Gasteiger partial charge is 0.364 e. The molecule has 0 aliphatic rings. The van der Waals surface area contributed by atoms with Crippen LogP contribution in [0.25, 0.3) is 0 Å². The van der Waals surface area contributed by atoms with Crippen molar-refractivity contribution in [1.82, 2.24) is 20.2 Å². The van der Waals surface area contributed by atoms with Gasteiger partial charge >= 0.3 is 0 Å². The Bertz CT molecular complexity index is 989. The van der Waals surface area contributed by atoms with Crippen LogP contribution in [-0.4, -0.2) is 31.0 Å². The number of carbonyl (C=O) groups excluding carboxylic acids is 1. The molecule has 0 aliphatic heterocycles. The lowest BCUT2D eigenvalue weighted by atomic mass is 10.2. The zero-order valence-corrected chi connectivity index (χ0v) is 15.1. The highest BCUT2D eigenvalue weighted by molar-refractivity contribution is 7.89. The van der Waals surface area contributed by atoms with E-state index in [1.54, 1.807) is 24.5 Å². The second-order valence-corrected chi connectivity index (χ2v) is 7.47. The Hall–Kier alpha value is -3.04. The number of benzene rings is 1. The molecule has 0 saturated carbocycles. The minimum Gasteiger partial charge on any atom is -0.364 e. The third kappa shape index (κ3) is 5.22. The number of hydrogen-bond acceptors (Lipinski definition) is 6. The van der Waals surface area contributed by atoms with Gasteiger partial charge in [-0.3, -0.25) is 9.78 Å². The van der Waals surface area contributed by atoms with Crippen molar-refractivity contribution in [2.45, 2.75) is 17.9 Å². The Balaban J connectivity index is 1.61. The lowest BCUT2D eigenvalue weighted by molar-refractivity contribution is 0.0954. The lowest BCUT2D eigenvalue weighted by Crippen LogP contribution is -2.27. The van der Waals surface area contributed by atoms with Gasteiger partial charge in [0, 0.05) is 30.6 Å². The predicted octanol–water partition coefficient (Wildman–Crippen LogP) is 1.52. The zero-order chi connectivity index (χ0) is 19.1. The van der Waals surface area contributed by atoms with Crippen molar-refractivity contribution < 1.29 is 17.7 Å². The summed E-state index contributed by atoms with van der Waals surface area (Å²) in [5.41, 5.74) is 1.79. The van der Waals surface area contributed by atoms with Gasteiger partial charge < -0.3 is 9.84 Å². The molecular formula is C18H18N4O4S. The van der Waals surface area contributed by atoms with Gasteiger partial charge in [0.25, 0.3) is 5.91 Å². The van der Waals surface area contributed by atoms with E-state index in [1.807, 2.05) is 12.1 Å². The Morgan fingerprint density at radius 3 is 2.67 bits per heavy atom. The molecule has 0 aliphatic carbocycles. The molecule has 1 amide bonds. The van der Waals surface area contributed by atoms with Crippen LogP contribution >= 0.6 is 0 Å². The topological polar surface area (TPSA) is 114 Å². The first kappa shape index (κ1) is 18.7. The fraction of sp³-hybridized carbons (Fsp3) is 0.167. The molecule has 0 radical (unpaired) electrons. The lowest BCUT2D eigenvalue weighted by Gasteiger charge is -2.08. The molecule has 8 nitrogen and oxygen atoms in total. The van der Waals surface area contributed by atoms with Gasteiger partial charge in [-0.2, -0.15) is 0 Å². The van der Waals surface area contributed by atoms with Crippen LogP contribution in [0, 0.1) is 0 Å². The maximum atomic E-state index is 12.4. The third-order valence-electron chi connectivity index (χ3n) is 3.79. The van der Waals surface area contributed by atoms with Crippen molar-refractivity contribution in [3.8, 4) is 0 Å². The second kappa shape index (κ2) is 8.56. The third-order valence-corrected chi connectivity index (χ3v) is 5.19. The molecule has 1 aromatic carbocycles. The molecule has 2 aromatic heterocycles. The average molecular weight is 386 g/mol. The molecule has 0 atom stereocenters. The van der Waals surface area contributed by atoms with E-state index in [4.69, 9.17) is 0 Å². The zero-order valence-electron chi connectivity index (χ0n) is 14.3. The Labute approximate surface area is 156 Å². The van der Waals surface area contributed by atoms with Crippen LogP contribution in [0.2, 0.25) is 0 Å². The summed E-state index contributed by atoms with van der Waals surface area (Å²) in [6, 6.07) is 11.2. The van der Waals surface area contributed by atoms with Crippen molar-refractivity contribution in [2.24, 2.45) is 0 Å². The number of nitrogens with one attached hydrogen (secondary N) is 2. The van der Waals surface area contributed by atoms with Gasteiger partial charge in [0.15, 0.2) is 0 Å². The standard InChI is InChI=1S/C18H18N4O4S/c23-18(20-10-6-14-4-8-19-9-5-14)15-2-1-3-17(12-15)27(24,25)21-13-16-7-11-26-22-16/h1-5,7-9,11-12,21H,6,10,13H2,(H,20,23). The van der Waals surface area contributed by atoms with E-state index in [1.165, 1.54) is 24.5 Å². The molecule has 0 saturated heterocycles. The van der Waals surface area contributed by atoms with Crippen molar-refractivity contribution in [2.75, 3.05) is 6.54 Å².